The number of nitrogens with two attached hydrogens (primary N) is 1. The molecule has 0 spiro atoms. The Morgan fingerprint density at radius 3 is 2.82 bits per heavy atom. The van der Waals surface area contributed by atoms with Crippen LogP contribution >= 0.6 is 27.3 Å². The number of hydrogen-bond acceptors (Lipinski definition) is 3. The molecule has 0 saturated carbocycles. The van der Waals surface area contributed by atoms with Crippen LogP contribution in [0.25, 0.3) is 5.70 Å². The molecule has 0 unspecified atom stereocenters. The lowest BCUT2D eigenvalue weighted by Crippen LogP contribution is -1.92. The highest BCUT2D eigenvalue weighted by molar-refractivity contribution is 9.11. The van der Waals surface area contributed by atoms with Gasteiger partial charge in [-0.2, -0.15) is 0 Å². The first-order chi connectivity index (χ1) is 5.24. The van der Waals surface area contributed by atoms with Crippen LogP contribution < -0.4 is 5.73 Å². The highest BCUT2D eigenvalue weighted by atomic mass is 79.9. The lowest BCUT2D eigenvalue weighted by molar-refractivity contribution is 1.56. The molecule has 0 atom stereocenters. The van der Waals surface area contributed by atoms with Gasteiger partial charge in [-0.15, -0.1) is 11.3 Å². The summed E-state index contributed by atoms with van der Waals surface area (Å²) in [6.07, 6.45) is 2.75. The molecule has 3 N–H and O–H groups in total. The van der Waals surface area contributed by atoms with E-state index in [2.05, 4.69) is 15.9 Å². The van der Waals surface area contributed by atoms with Gasteiger partial charge in [0.05, 0.1) is 14.4 Å². The SMILES string of the molecule is N=CC=C(N)c1ccc(Br)s1. The summed E-state index contributed by atoms with van der Waals surface area (Å²) in [4.78, 5) is 0.986. The Kier molecular flexibility index (Phi) is 2.84. The molecule has 4 heteroatoms. The number of nitrogens with one attached hydrogen (secondary N) is 1. The molecule has 2 nitrogen and oxygen atoms in total. The monoisotopic (exact) mass is 230 g/mol. The Labute approximate surface area is 77.4 Å². The van der Waals surface area contributed by atoms with Crippen molar-refractivity contribution >= 4 is 39.2 Å². The summed E-state index contributed by atoms with van der Waals surface area (Å²) < 4.78 is 1.05. The number of allylic oxidation sites excluding steroid dienone is 1. The van der Waals surface area contributed by atoms with Crippen molar-refractivity contribution in [2.75, 3.05) is 0 Å². The lowest BCUT2D eigenvalue weighted by atomic mass is 10.3. The molecule has 0 bridgehead atoms. The van der Waals surface area contributed by atoms with Gasteiger partial charge in [0.25, 0.3) is 0 Å². The molecule has 0 aliphatic heterocycles. The second kappa shape index (κ2) is 3.69. The van der Waals surface area contributed by atoms with Crippen molar-refractivity contribution in [2.45, 2.75) is 0 Å². The van der Waals surface area contributed by atoms with E-state index in [0.29, 0.717) is 5.70 Å². The molecule has 1 heterocycles. The largest absolute Gasteiger partial charge is 0.398 e. The van der Waals surface area contributed by atoms with E-state index < -0.39 is 0 Å². The minimum absolute atomic E-state index is 0.635. The van der Waals surface area contributed by atoms with Gasteiger partial charge < -0.3 is 11.1 Å². The van der Waals surface area contributed by atoms with E-state index in [-0.39, 0.29) is 0 Å². The zero-order valence-corrected chi connectivity index (χ0v) is 8.08. The summed E-state index contributed by atoms with van der Waals surface area (Å²) in [6.45, 7) is 0. The average molecular weight is 231 g/mol. The van der Waals surface area contributed by atoms with E-state index in [4.69, 9.17) is 11.1 Å². The first kappa shape index (κ1) is 8.49. The molecular formula is C7H7BrN2S. The summed E-state index contributed by atoms with van der Waals surface area (Å²) >= 11 is 4.89. The van der Waals surface area contributed by atoms with Crippen LogP contribution in [-0.4, -0.2) is 6.21 Å². The van der Waals surface area contributed by atoms with Gasteiger partial charge in [-0.3, -0.25) is 0 Å². The lowest BCUT2D eigenvalue weighted by Gasteiger charge is -1.91. The second-order valence-corrected chi connectivity index (χ2v) is 4.36. The van der Waals surface area contributed by atoms with Gasteiger partial charge in [-0.05, 0) is 34.1 Å². The molecule has 1 aromatic heterocycles. The fourth-order valence-electron chi connectivity index (χ4n) is 0.641. The maximum absolute atomic E-state index is 6.80. The minimum Gasteiger partial charge on any atom is -0.398 e. The Hall–Kier alpha value is -0.610. The van der Waals surface area contributed by atoms with Crippen LogP contribution in [0.1, 0.15) is 4.88 Å². The third-order valence-electron chi connectivity index (χ3n) is 1.12. The third kappa shape index (κ3) is 2.17. The van der Waals surface area contributed by atoms with Gasteiger partial charge in [0.1, 0.15) is 0 Å². The predicted molar refractivity (Wildman–Crippen MR) is 53.0 cm³/mol. The zero-order valence-electron chi connectivity index (χ0n) is 5.67. The summed E-state index contributed by atoms with van der Waals surface area (Å²) in [7, 11) is 0. The van der Waals surface area contributed by atoms with E-state index >= 15 is 0 Å². The van der Waals surface area contributed by atoms with Gasteiger partial charge in [0.2, 0.25) is 0 Å². The molecule has 0 aliphatic rings. The first-order valence-corrected chi connectivity index (χ1v) is 4.57. The zero-order chi connectivity index (χ0) is 8.27. The van der Waals surface area contributed by atoms with Crippen LogP contribution in [0.4, 0.5) is 0 Å². The molecular weight excluding hydrogens is 224 g/mol. The van der Waals surface area contributed by atoms with E-state index in [1.807, 2.05) is 12.1 Å². The number of rotatable bonds is 2. The molecule has 0 aromatic carbocycles. The Bertz CT molecular complexity index is 290. The van der Waals surface area contributed by atoms with Crippen molar-refractivity contribution in [1.82, 2.24) is 0 Å². The topological polar surface area (TPSA) is 49.9 Å². The fraction of sp³-hybridized carbons (Fsp3) is 0. The number of thiophene rings is 1. The van der Waals surface area contributed by atoms with E-state index in [0.717, 1.165) is 8.66 Å². The van der Waals surface area contributed by atoms with E-state index in [1.165, 1.54) is 6.21 Å². The molecule has 0 fully saturated rings. The van der Waals surface area contributed by atoms with Crippen LogP contribution in [0.5, 0.6) is 0 Å². The number of halogens is 1. The standard InChI is InChI=1S/C7H7BrN2S/c8-7-2-1-6(11-7)5(10)3-4-9/h1-4,9H,10H2. The van der Waals surface area contributed by atoms with Crippen molar-refractivity contribution in [3.05, 3.63) is 26.9 Å². The van der Waals surface area contributed by atoms with Crippen LogP contribution in [-0.2, 0) is 0 Å². The molecule has 0 saturated heterocycles. The molecule has 11 heavy (non-hydrogen) atoms. The summed E-state index contributed by atoms with van der Waals surface area (Å²) in [5.74, 6) is 0. The Balaban J connectivity index is 2.93. The van der Waals surface area contributed by atoms with Crippen molar-refractivity contribution in [2.24, 2.45) is 5.73 Å². The minimum atomic E-state index is 0.635. The highest BCUT2D eigenvalue weighted by Gasteiger charge is 1.98. The van der Waals surface area contributed by atoms with Crippen LogP contribution in [0, 0.1) is 5.41 Å². The van der Waals surface area contributed by atoms with Gasteiger partial charge >= 0.3 is 0 Å². The smallest absolute Gasteiger partial charge is 0.0705 e. The highest BCUT2D eigenvalue weighted by Crippen LogP contribution is 2.25. The summed E-state index contributed by atoms with van der Waals surface area (Å²) in [5.41, 5.74) is 6.25. The summed E-state index contributed by atoms with van der Waals surface area (Å²) in [5, 5.41) is 6.80. The van der Waals surface area contributed by atoms with Gasteiger partial charge in [0.15, 0.2) is 0 Å². The maximum atomic E-state index is 6.80. The fourth-order valence-corrected chi connectivity index (χ4v) is 1.96. The molecule has 0 radical (unpaired) electrons. The van der Waals surface area contributed by atoms with Crippen molar-refractivity contribution < 1.29 is 0 Å². The normalized spacial score (nSPS) is 11.5. The average Bonchev–Trinajstić information content (AvgIpc) is 2.36. The quantitative estimate of drug-likeness (QED) is 0.754. The van der Waals surface area contributed by atoms with Crippen molar-refractivity contribution in [1.29, 1.82) is 5.41 Å². The summed E-state index contributed by atoms with van der Waals surface area (Å²) in [6, 6.07) is 3.86. The van der Waals surface area contributed by atoms with Gasteiger partial charge in [-0.25, -0.2) is 0 Å². The molecule has 1 aromatic rings. The molecule has 0 amide bonds. The van der Waals surface area contributed by atoms with Crippen LogP contribution in [0.2, 0.25) is 0 Å². The third-order valence-corrected chi connectivity index (χ3v) is 2.79. The van der Waals surface area contributed by atoms with Crippen LogP contribution in [0.3, 0.4) is 0 Å². The maximum Gasteiger partial charge on any atom is 0.0705 e. The van der Waals surface area contributed by atoms with Gasteiger partial charge in [-0.1, -0.05) is 0 Å². The van der Waals surface area contributed by atoms with Gasteiger partial charge in [0, 0.05) is 6.21 Å². The molecule has 1 rings (SSSR count). The predicted octanol–water partition coefficient (Wildman–Crippen LogP) is 2.46. The van der Waals surface area contributed by atoms with E-state index in [9.17, 15) is 0 Å². The van der Waals surface area contributed by atoms with Crippen molar-refractivity contribution in [3.63, 3.8) is 0 Å². The molecule has 58 valence electrons. The Morgan fingerprint density at radius 1 is 1.64 bits per heavy atom. The van der Waals surface area contributed by atoms with E-state index in [1.54, 1.807) is 17.4 Å². The first-order valence-electron chi connectivity index (χ1n) is 2.96. The molecule has 0 aliphatic carbocycles. The second-order valence-electron chi connectivity index (χ2n) is 1.89. The van der Waals surface area contributed by atoms with Crippen molar-refractivity contribution in [3.8, 4) is 0 Å². The van der Waals surface area contributed by atoms with Crippen LogP contribution in [0.15, 0.2) is 22.0 Å². The Morgan fingerprint density at radius 2 is 2.36 bits per heavy atom. The number of hydrogen-bond donors (Lipinski definition) is 2.